The Morgan fingerprint density at radius 3 is 2.40 bits per heavy atom. The summed E-state index contributed by atoms with van der Waals surface area (Å²) in [7, 11) is 0. The molecule has 3 heteroatoms. The third kappa shape index (κ3) is 11.2. The van der Waals surface area contributed by atoms with E-state index in [1.165, 1.54) is 57.8 Å². The molecule has 4 rings (SSSR count). The van der Waals surface area contributed by atoms with Crippen molar-refractivity contribution in [2.45, 2.75) is 176 Å². The summed E-state index contributed by atoms with van der Waals surface area (Å²) in [6.45, 7) is 14.7. The van der Waals surface area contributed by atoms with Gasteiger partial charge in [-0.05, 0) is 129 Å². The molecular formula is C47H74O3. The largest absolute Gasteiger partial charge is 0.462 e. The van der Waals surface area contributed by atoms with Gasteiger partial charge in [-0.25, -0.2) is 0 Å². The van der Waals surface area contributed by atoms with Crippen LogP contribution in [0.1, 0.15) is 170 Å². The van der Waals surface area contributed by atoms with E-state index in [0.29, 0.717) is 23.7 Å². The lowest BCUT2D eigenvalue weighted by atomic mass is 9.47. The predicted octanol–water partition coefficient (Wildman–Crippen LogP) is 13.3. The van der Waals surface area contributed by atoms with Crippen LogP contribution in [-0.2, 0) is 14.3 Å². The van der Waals surface area contributed by atoms with Gasteiger partial charge in [-0.2, -0.15) is 0 Å². The molecule has 0 heterocycles. The standard InChI is InChI=1S/C47H74O3/c1-7-8-18-24-39(48)25-19-16-14-12-10-9-11-13-15-17-20-26-45(49)50-40-31-33-46(5)38(35-40)27-28-41-43-30-29-42(37(4)23-21-22-36(2)3)47(43,6)34-32-44(41)46/h9-10,13-16,19,25,27,36-37,40-44H,7-8,11-12,17-18,20-24,26,28-35H2,1-6H3/b10-9-,15-13-,16-14-,25-19+/t37-,40+,41+,42-,43+,44+,46+,47-/m1/s1. The highest BCUT2D eigenvalue weighted by atomic mass is 16.5. The second kappa shape index (κ2) is 20.2. The van der Waals surface area contributed by atoms with Crippen molar-refractivity contribution in [3.05, 3.63) is 60.3 Å². The monoisotopic (exact) mass is 687 g/mol. The number of rotatable bonds is 20. The Morgan fingerprint density at radius 2 is 1.62 bits per heavy atom. The van der Waals surface area contributed by atoms with Crippen molar-refractivity contribution < 1.29 is 14.3 Å². The normalized spacial score (nSPS) is 31.7. The molecule has 0 aromatic rings. The second-order valence-electron chi connectivity index (χ2n) is 17.7. The third-order valence-corrected chi connectivity index (χ3v) is 13.7. The van der Waals surface area contributed by atoms with Gasteiger partial charge in [0.25, 0.3) is 0 Å². The first-order valence-corrected chi connectivity index (χ1v) is 21.1. The molecule has 0 aromatic carbocycles. The molecule has 4 aliphatic rings. The molecule has 0 unspecified atom stereocenters. The van der Waals surface area contributed by atoms with Crippen molar-refractivity contribution in [1.82, 2.24) is 0 Å². The van der Waals surface area contributed by atoms with Crippen LogP contribution < -0.4 is 0 Å². The van der Waals surface area contributed by atoms with Crippen LogP contribution in [0.25, 0.3) is 0 Å². The molecule has 3 nitrogen and oxygen atoms in total. The molecule has 0 aromatic heterocycles. The van der Waals surface area contributed by atoms with Crippen molar-refractivity contribution in [2.24, 2.45) is 46.3 Å². The van der Waals surface area contributed by atoms with E-state index in [-0.39, 0.29) is 17.9 Å². The van der Waals surface area contributed by atoms with Crippen LogP contribution in [0, 0.1) is 46.3 Å². The minimum Gasteiger partial charge on any atom is -0.462 e. The van der Waals surface area contributed by atoms with Crippen LogP contribution in [0.3, 0.4) is 0 Å². The molecule has 4 aliphatic carbocycles. The number of allylic oxidation sites excluding steroid dienone is 9. The fraction of sp³-hybridized carbons (Fsp3) is 0.745. The summed E-state index contributed by atoms with van der Waals surface area (Å²) in [6, 6.07) is 0. The van der Waals surface area contributed by atoms with Gasteiger partial charge in [0, 0.05) is 19.3 Å². The van der Waals surface area contributed by atoms with Crippen molar-refractivity contribution >= 4 is 11.8 Å². The maximum Gasteiger partial charge on any atom is 0.306 e. The van der Waals surface area contributed by atoms with E-state index in [1.807, 2.05) is 12.2 Å². The van der Waals surface area contributed by atoms with Gasteiger partial charge in [0.05, 0.1) is 0 Å². The molecule has 0 saturated heterocycles. The fourth-order valence-electron chi connectivity index (χ4n) is 10.9. The van der Waals surface area contributed by atoms with Crippen LogP contribution in [0.5, 0.6) is 0 Å². The molecule has 3 saturated carbocycles. The molecule has 0 amide bonds. The Balaban J connectivity index is 1.13. The lowest BCUT2D eigenvalue weighted by Crippen LogP contribution is -2.51. The van der Waals surface area contributed by atoms with E-state index >= 15 is 0 Å². The lowest BCUT2D eigenvalue weighted by molar-refractivity contribution is -0.151. The minimum absolute atomic E-state index is 0.0161. The Labute approximate surface area is 307 Å². The van der Waals surface area contributed by atoms with Crippen molar-refractivity contribution in [1.29, 1.82) is 0 Å². The third-order valence-electron chi connectivity index (χ3n) is 13.7. The average Bonchev–Trinajstić information content (AvgIpc) is 3.44. The minimum atomic E-state index is -0.0161. The zero-order chi connectivity index (χ0) is 36.0. The number of carbonyl (C=O) groups excluding carboxylic acids is 2. The summed E-state index contributed by atoms with van der Waals surface area (Å²) in [6.07, 6.45) is 41.2. The number of esters is 1. The second-order valence-corrected chi connectivity index (χ2v) is 17.7. The molecule has 3 fully saturated rings. The molecular weight excluding hydrogens is 613 g/mol. The van der Waals surface area contributed by atoms with E-state index in [1.54, 1.807) is 11.6 Å². The van der Waals surface area contributed by atoms with Gasteiger partial charge in [-0.3, -0.25) is 9.59 Å². The fourth-order valence-corrected chi connectivity index (χ4v) is 10.9. The first-order valence-electron chi connectivity index (χ1n) is 21.1. The van der Waals surface area contributed by atoms with Crippen molar-refractivity contribution in [3.63, 3.8) is 0 Å². The summed E-state index contributed by atoms with van der Waals surface area (Å²) in [4.78, 5) is 24.5. The smallest absolute Gasteiger partial charge is 0.306 e. The highest BCUT2D eigenvalue weighted by Gasteiger charge is 2.59. The number of fused-ring (bicyclic) bond motifs is 5. The molecule has 0 bridgehead atoms. The summed E-state index contributed by atoms with van der Waals surface area (Å²) < 4.78 is 6.08. The van der Waals surface area contributed by atoms with Crippen LogP contribution in [-0.4, -0.2) is 17.9 Å². The summed E-state index contributed by atoms with van der Waals surface area (Å²) >= 11 is 0. The van der Waals surface area contributed by atoms with E-state index < -0.39 is 0 Å². The predicted molar refractivity (Wildman–Crippen MR) is 212 cm³/mol. The Morgan fingerprint density at radius 1 is 0.840 bits per heavy atom. The first-order chi connectivity index (χ1) is 24.1. The SMILES string of the molecule is CCCCCC(=O)/C=C/C=C\C/C=C\C/C=C\CCCC(=O)O[C@H]1CC[C@@]2(C)C(=CC[C@H]3[C@@H]4CC[C@H]([C@H](C)CCCC(C)C)[C@@]4(C)CC[C@@H]32)C1. The molecule has 0 spiro atoms. The molecule has 8 atom stereocenters. The van der Waals surface area contributed by atoms with Gasteiger partial charge in [0.1, 0.15) is 6.10 Å². The van der Waals surface area contributed by atoms with Crippen molar-refractivity contribution in [3.8, 4) is 0 Å². The maximum atomic E-state index is 12.8. The van der Waals surface area contributed by atoms with Crippen molar-refractivity contribution in [2.75, 3.05) is 0 Å². The quantitative estimate of drug-likeness (QED) is 0.0421. The maximum absolute atomic E-state index is 12.8. The number of ether oxygens (including phenoxy) is 1. The van der Waals surface area contributed by atoms with E-state index in [9.17, 15) is 9.59 Å². The summed E-state index contributed by atoms with van der Waals surface area (Å²) in [5.74, 6) is 5.35. The van der Waals surface area contributed by atoms with Gasteiger partial charge in [-0.15, -0.1) is 0 Å². The number of hydrogen-bond donors (Lipinski definition) is 0. The Kier molecular flexibility index (Phi) is 16.4. The van der Waals surface area contributed by atoms with Crippen LogP contribution >= 0.6 is 0 Å². The topological polar surface area (TPSA) is 43.4 Å². The van der Waals surface area contributed by atoms with Gasteiger partial charge < -0.3 is 4.74 Å². The van der Waals surface area contributed by atoms with Crippen LogP contribution in [0.15, 0.2) is 60.3 Å². The Hall–Kier alpha value is -2.16. The average molecular weight is 687 g/mol. The molecule has 0 radical (unpaired) electrons. The highest BCUT2D eigenvalue weighted by molar-refractivity contribution is 5.89. The number of hydrogen-bond acceptors (Lipinski definition) is 3. The molecule has 0 aliphatic heterocycles. The van der Waals surface area contributed by atoms with Gasteiger partial charge in [-0.1, -0.05) is 128 Å². The van der Waals surface area contributed by atoms with E-state index in [2.05, 4.69) is 78.0 Å². The summed E-state index contributed by atoms with van der Waals surface area (Å²) in [5.41, 5.74) is 2.44. The zero-order valence-corrected chi connectivity index (χ0v) is 33.1. The zero-order valence-electron chi connectivity index (χ0n) is 33.1. The Bertz CT molecular complexity index is 1220. The lowest BCUT2D eigenvalue weighted by Gasteiger charge is -2.58. The highest BCUT2D eigenvalue weighted by Crippen LogP contribution is 2.67. The van der Waals surface area contributed by atoms with Gasteiger partial charge in [0.15, 0.2) is 5.78 Å². The molecule has 0 N–H and O–H groups in total. The first kappa shape index (κ1) is 40.6. The van der Waals surface area contributed by atoms with Gasteiger partial charge >= 0.3 is 5.97 Å². The van der Waals surface area contributed by atoms with E-state index in [4.69, 9.17) is 4.74 Å². The van der Waals surface area contributed by atoms with Crippen LogP contribution in [0.4, 0.5) is 0 Å². The van der Waals surface area contributed by atoms with Gasteiger partial charge in [0.2, 0.25) is 0 Å². The number of carbonyl (C=O) groups is 2. The summed E-state index contributed by atoms with van der Waals surface area (Å²) in [5, 5.41) is 0. The van der Waals surface area contributed by atoms with E-state index in [0.717, 1.165) is 93.3 Å². The number of unbranched alkanes of at least 4 members (excludes halogenated alkanes) is 3. The molecule has 280 valence electrons. The molecule has 50 heavy (non-hydrogen) atoms. The van der Waals surface area contributed by atoms with Crippen LogP contribution in [0.2, 0.25) is 0 Å². The number of ketones is 1.